The first-order valence-corrected chi connectivity index (χ1v) is 8.53. The topological polar surface area (TPSA) is 65.9 Å². The number of hydrogen-bond donors (Lipinski definition) is 3. The van der Waals surface area contributed by atoms with Crippen LogP contribution in [0.4, 0.5) is 0 Å². The second-order valence-corrected chi connectivity index (χ2v) is 6.62. The summed E-state index contributed by atoms with van der Waals surface area (Å²) < 4.78 is 5.32. The fraction of sp³-hybridized carbons (Fsp3) is 0.611. The monoisotopic (exact) mass is 317 g/mol. The summed E-state index contributed by atoms with van der Waals surface area (Å²) in [4.78, 5) is 4.31. The minimum atomic E-state index is -0.685. The number of guanidine groups is 1. The molecule has 1 aliphatic heterocycles. The Morgan fingerprint density at radius 3 is 2.78 bits per heavy atom. The Kier molecular flexibility index (Phi) is 5.18. The third-order valence-corrected chi connectivity index (χ3v) is 4.92. The summed E-state index contributed by atoms with van der Waals surface area (Å²) in [5, 5.41) is 17.3. The molecule has 3 N–H and O–H groups in total. The van der Waals surface area contributed by atoms with E-state index in [9.17, 15) is 5.11 Å². The molecule has 0 radical (unpaired) electrons. The first kappa shape index (κ1) is 16.3. The predicted octanol–water partition coefficient (Wildman–Crippen LogP) is 1.25. The van der Waals surface area contributed by atoms with Gasteiger partial charge in [0, 0.05) is 45.7 Å². The molecule has 0 aromatic heterocycles. The van der Waals surface area contributed by atoms with Crippen LogP contribution in [-0.2, 0) is 17.6 Å². The van der Waals surface area contributed by atoms with Gasteiger partial charge in [-0.2, -0.15) is 0 Å². The Hall–Kier alpha value is -1.59. The maximum absolute atomic E-state index is 10.5. The number of benzene rings is 1. The van der Waals surface area contributed by atoms with Gasteiger partial charge in [-0.05, 0) is 30.4 Å². The summed E-state index contributed by atoms with van der Waals surface area (Å²) in [5.41, 5.74) is 2.20. The number of aryl methyl sites for hydroxylation is 1. The van der Waals surface area contributed by atoms with Gasteiger partial charge < -0.3 is 20.5 Å². The number of fused-ring (bicyclic) bond motifs is 1. The van der Waals surface area contributed by atoms with Crippen molar-refractivity contribution in [3.8, 4) is 0 Å². The highest BCUT2D eigenvalue weighted by molar-refractivity contribution is 5.80. The van der Waals surface area contributed by atoms with Crippen molar-refractivity contribution in [2.75, 3.05) is 26.8 Å². The Labute approximate surface area is 138 Å². The second kappa shape index (κ2) is 7.32. The number of hydrogen-bond acceptors (Lipinski definition) is 3. The van der Waals surface area contributed by atoms with Gasteiger partial charge in [0.1, 0.15) is 0 Å². The zero-order chi connectivity index (χ0) is 16.1. The lowest BCUT2D eigenvalue weighted by Crippen LogP contribution is -2.52. The molecule has 1 aromatic carbocycles. The SMILES string of the molecule is CN=C(NCC1(O)CCOCC1)NC1CCc2ccccc2C1. The van der Waals surface area contributed by atoms with Gasteiger partial charge in [-0.25, -0.2) is 0 Å². The van der Waals surface area contributed by atoms with E-state index in [4.69, 9.17) is 4.74 Å². The van der Waals surface area contributed by atoms with Crippen LogP contribution in [0.25, 0.3) is 0 Å². The average Bonchev–Trinajstić information content (AvgIpc) is 2.59. The molecule has 1 atom stereocenters. The maximum Gasteiger partial charge on any atom is 0.191 e. The lowest BCUT2D eigenvalue weighted by atomic mass is 9.88. The molecule has 23 heavy (non-hydrogen) atoms. The van der Waals surface area contributed by atoms with E-state index < -0.39 is 5.60 Å². The third kappa shape index (κ3) is 4.24. The van der Waals surface area contributed by atoms with Gasteiger partial charge in [0.25, 0.3) is 0 Å². The van der Waals surface area contributed by atoms with Crippen LogP contribution >= 0.6 is 0 Å². The first-order valence-electron chi connectivity index (χ1n) is 8.53. The minimum absolute atomic E-state index is 0.389. The number of aliphatic hydroxyl groups is 1. The van der Waals surface area contributed by atoms with E-state index >= 15 is 0 Å². The molecule has 1 fully saturated rings. The van der Waals surface area contributed by atoms with Crippen molar-refractivity contribution in [2.24, 2.45) is 4.99 Å². The molecular weight excluding hydrogens is 290 g/mol. The van der Waals surface area contributed by atoms with E-state index in [2.05, 4.69) is 39.9 Å². The molecule has 126 valence electrons. The lowest BCUT2D eigenvalue weighted by Gasteiger charge is -2.33. The molecule has 0 amide bonds. The van der Waals surface area contributed by atoms with E-state index in [0.29, 0.717) is 38.6 Å². The molecule has 3 rings (SSSR count). The first-order chi connectivity index (χ1) is 11.2. The molecule has 1 aromatic rings. The Bertz CT molecular complexity index is 553. The van der Waals surface area contributed by atoms with Crippen molar-refractivity contribution >= 4 is 5.96 Å². The molecule has 5 heteroatoms. The van der Waals surface area contributed by atoms with Crippen LogP contribution in [0.5, 0.6) is 0 Å². The number of rotatable bonds is 3. The van der Waals surface area contributed by atoms with Crippen molar-refractivity contribution in [2.45, 2.75) is 43.7 Å². The van der Waals surface area contributed by atoms with Crippen molar-refractivity contribution in [1.82, 2.24) is 10.6 Å². The zero-order valence-corrected chi connectivity index (χ0v) is 13.8. The molecule has 2 aliphatic rings. The third-order valence-electron chi connectivity index (χ3n) is 4.92. The summed E-state index contributed by atoms with van der Waals surface area (Å²) >= 11 is 0. The standard InChI is InChI=1S/C18H27N3O2/c1-19-17(20-13-18(22)8-10-23-11-9-18)21-16-7-6-14-4-2-3-5-15(14)12-16/h2-5,16,22H,6-13H2,1H3,(H2,19,20,21). The van der Waals surface area contributed by atoms with Crippen LogP contribution in [0.15, 0.2) is 29.3 Å². The Balaban J connectivity index is 1.52. The van der Waals surface area contributed by atoms with Crippen LogP contribution in [0.1, 0.15) is 30.4 Å². The summed E-state index contributed by atoms with van der Waals surface area (Å²) in [5.74, 6) is 0.772. The number of ether oxygens (including phenoxy) is 1. The van der Waals surface area contributed by atoms with Crippen LogP contribution in [0.3, 0.4) is 0 Å². The van der Waals surface area contributed by atoms with Crippen LogP contribution in [-0.4, -0.2) is 49.5 Å². The highest BCUT2D eigenvalue weighted by atomic mass is 16.5. The van der Waals surface area contributed by atoms with Gasteiger partial charge >= 0.3 is 0 Å². The van der Waals surface area contributed by atoms with Gasteiger partial charge in [0.15, 0.2) is 5.96 Å². The fourth-order valence-corrected chi connectivity index (χ4v) is 3.39. The Morgan fingerprint density at radius 2 is 2.04 bits per heavy atom. The Morgan fingerprint density at radius 1 is 1.30 bits per heavy atom. The van der Waals surface area contributed by atoms with Crippen molar-refractivity contribution in [1.29, 1.82) is 0 Å². The smallest absolute Gasteiger partial charge is 0.191 e. The van der Waals surface area contributed by atoms with E-state index in [1.54, 1.807) is 7.05 Å². The summed E-state index contributed by atoms with van der Waals surface area (Å²) in [7, 11) is 1.78. The highest BCUT2D eigenvalue weighted by Gasteiger charge is 2.30. The fourth-order valence-electron chi connectivity index (χ4n) is 3.39. The van der Waals surface area contributed by atoms with E-state index in [1.165, 1.54) is 11.1 Å². The molecule has 1 heterocycles. The zero-order valence-electron chi connectivity index (χ0n) is 13.8. The molecular formula is C18H27N3O2. The summed E-state index contributed by atoms with van der Waals surface area (Å²) in [6.45, 7) is 1.77. The van der Waals surface area contributed by atoms with Gasteiger partial charge in [-0.15, -0.1) is 0 Å². The molecule has 0 bridgehead atoms. The van der Waals surface area contributed by atoms with Crippen LogP contribution in [0, 0.1) is 0 Å². The number of aliphatic imine (C=N–C) groups is 1. The van der Waals surface area contributed by atoms with Crippen LogP contribution < -0.4 is 10.6 Å². The van der Waals surface area contributed by atoms with Crippen molar-refractivity contribution in [3.63, 3.8) is 0 Å². The predicted molar refractivity (Wildman–Crippen MR) is 91.8 cm³/mol. The van der Waals surface area contributed by atoms with Gasteiger partial charge in [0.2, 0.25) is 0 Å². The van der Waals surface area contributed by atoms with E-state index in [-0.39, 0.29) is 0 Å². The van der Waals surface area contributed by atoms with E-state index in [1.807, 2.05) is 0 Å². The number of nitrogens with zero attached hydrogens (tertiary/aromatic N) is 1. The largest absolute Gasteiger partial charge is 0.388 e. The van der Waals surface area contributed by atoms with Crippen LogP contribution in [0.2, 0.25) is 0 Å². The molecule has 1 unspecified atom stereocenters. The van der Waals surface area contributed by atoms with Crippen molar-refractivity contribution in [3.05, 3.63) is 35.4 Å². The molecule has 1 aliphatic carbocycles. The lowest BCUT2D eigenvalue weighted by molar-refractivity contribution is -0.0594. The summed E-state index contributed by atoms with van der Waals surface area (Å²) in [6, 6.07) is 9.04. The van der Waals surface area contributed by atoms with Gasteiger partial charge in [-0.1, -0.05) is 24.3 Å². The maximum atomic E-state index is 10.5. The normalized spacial score (nSPS) is 23.9. The summed E-state index contributed by atoms with van der Waals surface area (Å²) in [6.07, 6.45) is 4.58. The second-order valence-electron chi connectivity index (χ2n) is 6.62. The molecule has 0 saturated carbocycles. The van der Waals surface area contributed by atoms with Crippen molar-refractivity contribution < 1.29 is 9.84 Å². The highest BCUT2D eigenvalue weighted by Crippen LogP contribution is 2.21. The van der Waals surface area contributed by atoms with E-state index in [0.717, 1.165) is 25.2 Å². The quantitative estimate of drug-likeness (QED) is 0.580. The van der Waals surface area contributed by atoms with Gasteiger partial charge in [-0.3, -0.25) is 4.99 Å². The van der Waals surface area contributed by atoms with Gasteiger partial charge in [0.05, 0.1) is 5.60 Å². The average molecular weight is 317 g/mol. The minimum Gasteiger partial charge on any atom is -0.388 e. The number of nitrogens with one attached hydrogen (secondary N) is 2. The molecule has 5 nitrogen and oxygen atoms in total. The molecule has 1 saturated heterocycles. The molecule has 0 spiro atoms.